The molecule has 0 saturated heterocycles. The molecule has 23 heavy (non-hydrogen) atoms. The van der Waals surface area contributed by atoms with Crippen molar-refractivity contribution >= 4 is 15.9 Å². The maximum Gasteiger partial charge on any atom is 0.251 e. The van der Waals surface area contributed by atoms with E-state index in [1.807, 2.05) is 6.92 Å². The minimum Gasteiger partial charge on any atom is -0.391 e. The van der Waals surface area contributed by atoms with Gasteiger partial charge < -0.3 is 10.4 Å². The molecule has 1 aromatic rings. The Balaban J connectivity index is 2.11. The number of sulfonamides is 1. The van der Waals surface area contributed by atoms with Crippen LogP contribution in [0.1, 0.15) is 43.0 Å². The van der Waals surface area contributed by atoms with E-state index >= 15 is 0 Å². The Hall–Kier alpha value is -1.51. The van der Waals surface area contributed by atoms with E-state index in [0.29, 0.717) is 6.42 Å². The van der Waals surface area contributed by atoms with Crippen molar-refractivity contribution in [3.05, 3.63) is 29.6 Å². The number of aliphatic hydroxyl groups excluding tert-OH is 1. The van der Waals surface area contributed by atoms with Crippen LogP contribution in [0.3, 0.4) is 0 Å². The number of aliphatic hydroxyl groups is 1. The third-order valence-electron chi connectivity index (χ3n) is 3.50. The van der Waals surface area contributed by atoms with Crippen LogP contribution in [0, 0.1) is 5.82 Å². The molecule has 0 heterocycles. The number of nitrogens with one attached hydrogen (secondary N) is 2. The molecule has 1 fully saturated rings. The summed E-state index contributed by atoms with van der Waals surface area (Å²) in [5.41, 5.74) is 0.0336. The van der Waals surface area contributed by atoms with Crippen LogP contribution < -0.4 is 10.0 Å². The smallest absolute Gasteiger partial charge is 0.251 e. The molecule has 2 rings (SSSR count). The van der Waals surface area contributed by atoms with Gasteiger partial charge in [0.1, 0.15) is 10.7 Å². The van der Waals surface area contributed by atoms with Crippen molar-refractivity contribution in [2.75, 3.05) is 6.54 Å². The molecule has 0 unspecified atom stereocenters. The van der Waals surface area contributed by atoms with Crippen molar-refractivity contribution in [1.29, 1.82) is 0 Å². The zero-order chi connectivity index (χ0) is 17.0. The van der Waals surface area contributed by atoms with E-state index < -0.39 is 32.7 Å². The number of hydrogen-bond acceptors (Lipinski definition) is 4. The van der Waals surface area contributed by atoms with Crippen LogP contribution >= 0.6 is 0 Å². The van der Waals surface area contributed by atoms with Crippen molar-refractivity contribution in [3.63, 3.8) is 0 Å². The van der Waals surface area contributed by atoms with Gasteiger partial charge in [0.15, 0.2) is 0 Å². The van der Waals surface area contributed by atoms with Crippen LogP contribution in [-0.4, -0.2) is 38.1 Å². The Morgan fingerprint density at radius 3 is 2.74 bits per heavy atom. The van der Waals surface area contributed by atoms with Crippen LogP contribution in [-0.2, 0) is 10.0 Å². The molecule has 1 atom stereocenters. The van der Waals surface area contributed by atoms with Gasteiger partial charge in [0.05, 0.1) is 6.10 Å². The number of hydrogen-bond donors (Lipinski definition) is 3. The molecule has 1 saturated carbocycles. The average Bonchev–Trinajstić information content (AvgIpc) is 3.28. The predicted molar refractivity (Wildman–Crippen MR) is 83.0 cm³/mol. The molecule has 3 N–H and O–H groups in total. The minimum absolute atomic E-state index is 0.0336. The summed E-state index contributed by atoms with van der Waals surface area (Å²) in [5, 5.41) is 12.1. The van der Waals surface area contributed by atoms with Gasteiger partial charge in [0.25, 0.3) is 5.91 Å². The fourth-order valence-electron chi connectivity index (χ4n) is 2.08. The summed E-state index contributed by atoms with van der Waals surface area (Å²) in [4.78, 5) is 11.5. The van der Waals surface area contributed by atoms with E-state index in [9.17, 15) is 22.7 Å². The lowest BCUT2D eigenvalue weighted by molar-refractivity contribution is 0.0910. The maximum absolute atomic E-state index is 13.8. The molecule has 0 bridgehead atoms. The summed E-state index contributed by atoms with van der Waals surface area (Å²) in [5.74, 6) is -1.45. The fraction of sp³-hybridized carbons (Fsp3) is 0.533. The number of benzene rings is 1. The Bertz CT molecular complexity index is 674. The second kappa shape index (κ2) is 7.37. The normalized spacial score (nSPS) is 16.1. The van der Waals surface area contributed by atoms with E-state index in [2.05, 4.69) is 10.0 Å². The second-order valence-corrected chi connectivity index (χ2v) is 7.38. The van der Waals surface area contributed by atoms with Gasteiger partial charge in [-0.2, -0.15) is 0 Å². The van der Waals surface area contributed by atoms with Gasteiger partial charge in [-0.1, -0.05) is 13.3 Å². The molecule has 1 aliphatic carbocycles. The summed E-state index contributed by atoms with van der Waals surface area (Å²) in [7, 11) is -3.98. The first-order valence-corrected chi connectivity index (χ1v) is 9.10. The highest BCUT2D eigenvalue weighted by Crippen LogP contribution is 2.24. The lowest BCUT2D eigenvalue weighted by atomic mass is 10.2. The van der Waals surface area contributed by atoms with Gasteiger partial charge in [-0.3, -0.25) is 4.79 Å². The predicted octanol–water partition coefficient (Wildman–Crippen LogP) is 1.16. The molecule has 1 amide bonds. The quantitative estimate of drug-likeness (QED) is 0.659. The first-order chi connectivity index (χ1) is 10.8. The van der Waals surface area contributed by atoms with Crippen molar-refractivity contribution in [2.24, 2.45) is 0 Å². The molecule has 6 nitrogen and oxygen atoms in total. The van der Waals surface area contributed by atoms with E-state index in [-0.39, 0.29) is 18.2 Å². The van der Waals surface area contributed by atoms with E-state index in [1.165, 1.54) is 6.07 Å². The van der Waals surface area contributed by atoms with E-state index in [0.717, 1.165) is 31.4 Å². The molecule has 8 heteroatoms. The van der Waals surface area contributed by atoms with Crippen molar-refractivity contribution < 1.29 is 22.7 Å². The first kappa shape index (κ1) is 17.8. The van der Waals surface area contributed by atoms with Crippen molar-refractivity contribution in [1.82, 2.24) is 10.0 Å². The summed E-state index contributed by atoms with van der Waals surface area (Å²) >= 11 is 0. The van der Waals surface area contributed by atoms with Crippen molar-refractivity contribution in [3.8, 4) is 0 Å². The summed E-state index contributed by atoms with van der Waals surface area (Å²) in [6, 6.07) is 3.04. The SMILES string of the molecule is CCC[C@@H](O)CNC(=O)c1ccc(F)c(S(=O)(=O)NC2CC2)c1. The molecule has 0 spiro atoms. The molecular formula is C15H21FN2O4S. The van der Waals surface area contributed by atoms with Gasteiger partial charge in [-0.05, 0) is 37.5 Å². The number of rotatable bonds is 8. The average molecular weight is 344 g/mol. The van der Waals surface area contributed by atoms with Crippen LogP contribution in [0.2, 0.25) is 0 Å². The number of carbonyl (C=O) groups is 1. The summed E-state index contributed by atoms with van der Waals surface area (Å²) < 4.78 is 40.4. The third-order valence-corrected chi connectivity index (χ3v) is 5.04. The molecule has 0 aliphatic heterocycles. The van der Waals surface area contributed by atoms with E-state index in [4.69, 9.17) is 0 Å². The van der Waals surface area contributed by atoms with Crippen molar-refractivity contribution in [2.45, 2.75) is 49.6 Å². The van der Waals surface area contributed by atoms with Gasteiger partial charge in [-0.15, -0.1) is 0 Å². The first-order valence-electron chi connectivity index (χ1n) is 7.61. The Morgan fingerprint density at radius 2 is 2.13 bits per heavy atom. The fourth-order valence-corrected chi connectivity index (χ4v) is 3.49. The van der Waals surface area contributed by atoms with Gasteiger partial charge in [0, 0.05) is 18.2 Å². The highest BCUT2D eigenvalue weighted by atomic mass is 32.2. The van der Waals surface area contributed by atoms with E-state index in [1.54, 1.807) is 0 Å². The molecule has 1 aliphatic rings. The van der Waals surface area contributed by atoms with Crippen LogP contribution in [0.25, 0.3) is 0 Å². The Labute approximate surface area is 135 Å². The molecule has 0 aromatic heterocycles. The lowest BCUT2D eigenvalue weighted by Gasteiger charge is -2.12. The zero-order valence-corrected chi connectivity index (χ0v) is 13.7. The molecule has 1 aromatic carbocycles. The second-order valence-electron chi connectivity index (χ2n) is 5.69. The summed E-state index contributed by atoms with van der Waals surface area (Å²) in [6.07, 6.45) is 2.13. The van der Waals surface area contributed by atoms with Gasteiger partial charge in [0.2, 0.25) is 10.0 Å². The monoisotopic (exact) mass is 344 g/mol. The van der Waals surface area contributed by atoms with Crippen LogP contribution in [0.5, 0.6) is 0 Å². The van der Waals surface area contributed by atoms with Crippen LogP contribution in [0.4, 0.5) is 4.39 Å². The number of carbonyl (C=O) groups excluding carboxylic acids is 1. The Kier molecular flexibility index (Phi) is 5.72. The minimum atomic E-state index is -3.98. The highest BCUT2D eigenvalue weighted by molar-refractivity contribution is 7.89. The largest absolute Gasteiger partial charge is 0.391 e. The standard InChI is InChI=1S/C15H21FN2O4S/c1-2-3-12(19)9-17-15(20)10-4-7-13(16)14(8-10)23(21,22)18-11-5-6-11/h4,7-8,11-12,18-19H,2-3,5-6,9H2,1H3,(H,17,20)/t12-/m1/s1. The number of halogens is 1. The molecular weight excluding hydrogens is 323 g/mol. The van der Waals surface area contributed by atoms with Gasteiger partial charge in [-0.25, -0.2) is 17.5 Å². The topological polar surface area (TPSA) is 95.5 Å². The maximum atomic E-state index is 13.8. The van der Waals surface area contributed by atoms with Gasteiger partial charge >= 0.3 is 0 Å². The van der Waals surface area contributed by atoms with Crippen LogP contribution in [0.15, 0.2) is 23.1 Å². The summed E-state index contributed by atoms with van der Waals surface area (Å²) in [6.45, 7) is 1.97. The lowest BCUT2D eigenvalue weighted by Crippen LogP contribution is -2.32. The molecule has 128 valence electrons. The Morgan fingerprint density at radius 1 is 1.43 bits per heavy atom. The number of amides is 1. The molecule has 0 radical (unpaired) electrons. The highest BCUT2D eigenvalue weighted by Gasteiger charge is 2.30. The third kappa shape index (κ3) is 4.98. The zero-order valence-electron chi connectivity index (χ0n) is 12.9.